The quantitative estimate of drug-likeness (QED) is 0.620. The first-order valence-electron chi connectivity index (χ1n) is 7.18. The molecule has 114 valence electrons. The Bertz CT molecular complexity index is 610. The number of nitrogens with zero attached hydrogens (tertiary/aromatic N) is 2. The maximum absolute atomic E-state index is 12.7. The molecule has 21 heavy (non-hydrogen) atoms. The summed E-state index contributed by atoms with van der Waals surface area (Å²) in [4.78, 5) is 17.6. The molecule has 0 aromatic heterocycles. The van der Waals surface area contributed by atoms with Crippen molar-refractivity contribution in [2.75, 3.05) is 11.7 Å². The lowest BCUT2D eigenvalue weighted by Gasteiger charge is -2.30. The summed E-state index contributed by atoms with van der Waals surface area (Å²) in [5.41, 5.74) is 3.49. The van der Waals surface area contributed by atoms with Gasteiger partial charge in [-0.15, -0.1) is 0 Å². The van der Waals surface area contributed by atoms with E-state index in [1.54, 1.807) is 0 Å². The Labute approximate surface area is 127 Å². The second-order valence-corrected chi connectivity index (χ2v) is 12.2. The SMILES string of the molecule is CO/N=C1\C(=O)N([Si](C)(C)C)c2ccc(C(C)(C)C)cc21. The molecule has 0 spiro atoms. The summed E-state index contributed by atoms with van der Waals surface area (Å²) in [7, 11) is -0.348. The molecular formula is C16H24N2O2Si. The van der Waals surface area contributed by atoms with Crippen LogP contribution in [0.25, 0.3) is 0 Å². The topological polar surface area (TPSA) is 41.9 Å². The minimum atomic E-state index is -1.83. The summed E-state index contributed by atoms with van der Waals surface area (Å²) in [6.07, 6.45) is 0. The first-order valence-corrected chi connectivity index (χ1v) is 10.6. The highest BCUT2D eigenvalue weighted by Crippen LogP contribution is 2.36. The summed E-state index contributed by atoms with van der Waals surface area (Å²) >= 11 is 0. The molecule has 1 aromatic carbocycles. The number of hydrogen-bond donors (Lipinski definition) is 0. The minimum absolute atomic E-state index is 0.0306. The summed E-state index contributed by atoms with van der Waals surface area (Å²) in [6.45, 7) is 12.9. The van der Waals surface area contributed by atoms with Gasteiger partial charge in [-0.05, 0) is 23.1 Å². The predicted molar refractivity (Wildman–Crippen MR) is 89.5 cm³/mol. The van der Waals surface area contributed by atoms with Crippen LogP contribution < -0.4 is 4.57 Å². The highest BCUT2D eigenvalue weighted by molar-refractivity contribution is 6.87. The van der Waals surface area contributed by atoms with Gasteiger partial charge >= 0.3 is 0 Å². The van der Waals surface area contributed by atoms with Crippen LogP contribution in [0.3, 0.4) is 0 Å². The van der Waals surface area contributed by atoms with Gasteiger partial charge in [-0.1, -0.05) is 51.6 Å². The number of oxime groups is 1. The van der Waals surface area contributed by atoms with Crippen LogP contribution in [0.2, 0.25) is 19.6 Å². The van der Waals surface area contributed by atoms with E-state index in [0.29, 0.717) is 5.71 Å². The third-order valence-corrected chi connectivity index (χ3v) is 5.40. The average molecular weight is 304 g/mol. The van der Waals surface area contributed by atoms with Gasteiger partial charge in [-0.2, -0.15) is 0 Å². The van der Waals surface area contributed by atoms with Crippen LogP contribution in [0.1, 0.15) is 31.9 Å². The zero-order valence-corrected chi connectivity index (χ0v) is 14.9. The smallest absolute Gasteiger partial charge is 0.273 e. The molecule has 0 aliphatic carbocycles. The lowest BCUT2D eigenvalue weighted by molar-refractivity contribution is -0.111. The van der Waals surface area contributed by atoms with Crippen molar-refractivity contribution in [1.82, 2.24) is 0 Å². The zero-order valence-electron chi connectivity index (χ0n) is 13.9. The van der Waals surface area contributed by atoms with Gasteiger partial charge in [0.05, 0.1) is 0 Å². The molecule has 0 saturated heterocycles. The van der Waals surface area contributed by atoms with Crippen LogP contribution in [-0.4, -0.2) is 27.0 Å². The standard InChI is InChI=1S/C16H24N2O2Si/c1-16(2,3)11-8-9-13-12(10-11)14(17-20-4)15(19)18(13)21(5,6)7/h8-10H,1-7H3/b17-14-. The Morgan fingerprint density at radius 1 is 1.19 bits per heavy atom. The molecule has 1 heterocycles. The van der Waals surface area contributed by atoms with Crippen LogP contribution in [-0.2, 0) is 15.0 Å². The Balaban J connectivity index is 2.67. The van der Waals surface area contributed by atoms with Gasteiger partial charge in [0.25, 0.3) is 5.91 Å². The maximum Gasteiger partial charge on any atom is 0.273 e. The monoisotopic (exact) mass is 304 g/mol. The highest BCUT2D eigenvalue weighted by atomic mass is 28.3. The van der Waals surface area contributed by atoms with Crippen LogP contribution in [0, 0.1) is 0 Å². The Morgan fingerprint density at radius 3 is 2.29 bits per heavy atom. The number of carbonyl (C=O) groups is 1. The molecule has 0 atom stereocenters. The molecule has 5 heteroatoms. The molecule has 0 N–H and O–H groups in total. The van der Waals surface area contributed by atoms with Gasteiger partial charge < -0.3 is 9.40 Å². The van der Waals surface area contributed by atoms with E-state index in [4.69, 9.17) is 4.84 Å². The maximum atomic E-state index is 12.7. The molecule has 0 unspecified atom stereocenters. The number of carbonyl (C=O) groups excluding carboxylic acids is 1. The number of anilines is 1. The molecule has 4 nitrogen and oxygen atoms in total. The Hall–Kier alpha value is -1.62. The van der Waals surface area contributed by atoms with Gasteiger partial charge in [-0.3, -0.25) is 4.79 Å². The van der Waals surface area contributed by atoms with Crippen molar-refractivity contribution in [3.63, 3.8) is 0 Å². The van der Waals surface area contributed by atoms with Crippen LogP contribution >= 0.6 is 0 Å². The van der Waals surface area contributed by atoms with E-state index in [-0.39, 0.29) is 11.3 Å². The fourth-order valence-electron chi connectivity index (χ4n) is 2.56. The number of amides is 1. The number of benzene rings is 1. The second-order valence-electron chi connectivity index (χ2n) is 7.42. The summed E-state index contributed by atoms with van der Waals surface area (Å²) in [5, 5.41) is 3.98. The van der Waals surface area contributed by atoms with Crippen LogP contribution in [0.5, 0.6) is 0 Å². The van der Waals surface area contributed by atoms with E-state index in [1.807, 2.05) is 10.6 Å². The molecule has 1 aromatic rings. The lowest BCUT2D eigenvalue weighted by Crippen LogP contribution is -2.49. The fourth-order valence-corrected chi connectivity index (χ4v) is 4.20. The normalized spacial score (nSPS) is 17.4. The molecule has 1 aliphatic rings. The van der Waals surface area contributed by atoms with Gasteiger partial charge in [0.15, 0.2) is 13.9 Å². The first kappa shape index (κ1) is 15.8. The van der Waals surface area contributed by atoms with Crippen molar-refractivity contribution in [2.45, 2.75) is 45.8 Å². The number of fused-ring (bicyclic) bond motifs is 1. The molecule has 1 amide bonds. The number of hydrogen-bond acceptors (Lipinski definition) is 3. The van der Waals surface area contributed by atoms with Crippen molar-refractivity contribution in [3.05, 3.63) is 29.3 Å². The Morgan fingerprint density at radius 2 is 1.81 bits per heavy atom. The molecular weight excluding hydrogens is 280 g/mol. The third-order valence-electron chi connectivity index (χ3n) is 3.62. The van der Waals surface area contributed by atoms with Crippen molar-refractivity contribution in [2.24, 2.45) is 5.16 Å². The highest BCUT2D eigenvalue weighted by Gasteiger charge is 2.41. The summed E-state index contributed by atoms with van der Waals surface area (Å²) in [6, 6.07) is 6.23. The van der Waals surface area contributed by atoms with E-state index in [0.717, 1.165) is 11.3 Å². The Kier molecular flexibility index (Phi) is 3.74. The molecule has 2 rings (SSSR count). The van der Waals surface area contributed by atoms with Crippen molar-refractivity contribution in [3.8, 4) is 0 Å². The fraction of sp³-hybridized carbons (Fsp3) is 0.500. The van der Waals surface area contributed by atoms with Crippen LogP contribution in [0.15, 0.2) is 23.4 Å². The predicted octanol–water partition coefficient (Wildman–Crippen LogP) is 3.52. The first-order chi connectivity index (χ1) is 9.57. The largest absolute Gasteiger partial charge is 0.398 e. The van der Waals surface area contributed by atoms with Crippen molar-refractivity contribution in [1.29, 1.82) is 0 Å². The molecule has 0 fully saturated rings. The molecule has 0 radical (unpaired) electrons. The van der Waals surface area contributed by atoms with Gasteiger partial charge in [-0.25, -0.2) is 0 Å². The summed E-state index contributed by atoms with van der Waals surface area (Å²) in [5.74, 6) is -0.0444. The van der Waals surface area contributed by atoms with E-state index in [2.05, 4.69) is 57.7 Å². The third kappa shape index (κ3) is 2.74. The van der Waals surface area contributed by atoms with Crippen molar-refractivity contribution >= 4 is 25.5 Å². The second kappa shape index (κ2) is 4.98. The van der Waals surface area contributed by atoms with E-state index < -0.39 is 8.24 Å². The zero-order chi connectivity index (χ0) is 16.0. The van der Waals surface area contributed by atoms with Crippen LogP contribution in [0.4, 0.5) is 5.69 Å². The van der Waals surface area contributed by atoms with Gasteiger partial charge in [0.2, 0.25) is 0 Å². The minimum Gasteiger partial charge on any atom is -0.398 e. The van der Waals surface area contributed by atoms with E-state index >= 15 is 0 Å². The van der Waals surface area contributed by atoms with E-state index in [9.17, 15) is 4.79 Å². The van der Waals surface area contributed by atoms with Gasteiger partial charge in [0, 0.05) is 11.3 Å². The molecule has 1 aliphatic heterocycles. The lowest BCUT2D eigenvalue weighted by atomic mass is 9.86. The average Bonchev–Trinajstić information content (AvgIpc) is 2.60. The van der Waals surface area contributed by atoms with E-state index in [1.165, 1.54) is 12.7 Å². The van der Waals surface area contributed by atoms with Gasteiger partial charge in [0.1, 0.15) is 7.11 Å². The summed E-state index contributed by atoms with van der Waals surface area (Å²) < 4.78 is 1.92. The van der Waals surface area contributed by atoms with Crippen molar-refractivity contribution < 1.29 is 9.63 Å². The molecule has 0 saturated carbocycles. The molecule has 0 bridgehead atoms. The number of rotatable bonds is 2.